The highest BCUT2D eigenvalue weighted by Crippen LogP contribution is 2.41. The number of ether oxygens (including phenoxy) is 2. The van der Waals surface area contributed by atoms with Crippen LogP contribution in [0.4, 0.5) is 5.69 Å². The van der Waals surface area contributed by atoms with Crippen LogP contribution in [0.1, 0.15) is 57.5 Å². The van der Waals surface area contributed by atoms with E-state index >= 15 is 0 Å². The van der Waals surface area contributed by atoms with Crippen molar-refractivity contribution < 1.29 is 23.5 Å². The first kappa shape index (κ1) is 25.7. The molecule has 0 saturated heterocycles. The number of hydrogen-bond acceptors (Lipinski definition) is 5. The monoisotopic (exact) mass is 536 g/mol. The molecule has 2 heterocycles. The van der Waals surface area contributed by atoms with Crippen LogP contribution in [0.5, 0.6) is 11.5 Å². The quantitative estimate of drug-likeness (QED) is 0.285. The molecule has 1 aliphatic carbocycles. The Morgan fingerprint density at radius 2 is 1.77 bits per heavy atom. The van der Waals surface area contributed by atoms with Crippen LogP contribution < -0.4 is 14.8 Å². The van der Waals surface area contributed by atoms with Crippen molar-refractivity contribution in [3.8, 4) is 11.5 Å². The molecule has 1 atom stereocenters. The molecule has 1 saturated carbocycles. The summed E-state index contributed by atoms with van der Waals surface area (Å²) in [6.07, 6.45) is 2.78. The lowest BCUT2D eigenvalue weighted by molar-refractivity contribution is -0.134. The van der Waals surface area contributed by atoms with Crippen LogP contribution in [-0.4, -0.2) is 30.4 Å². The normalized spacial score (nSPS) is 16.2. The summed E-state index contributed by atoms with van der Waals surface area (Å²) in [5.74, 6) is 2.21. The summed E-state index contributed by atoms with van der Waals surface area (Å²) in [5, 5.41) is 2.82. The standard InChI is InChI=1S/C33H32N2O5/c1-21-4-3-5-24(18-21)31-29-19-27(11-8-22(29)16-17-35(31)33(37)23-6-7-23)39-20-28-14-15-30(40-28)32(36)34-25-9-12-26(38-2)13-10-25/h3-5,8-15,18-19,23,31H,6-7,16-17,20H2,1-2H3,(H,34,36). The molecule has 0 bridgehead atoms. The summed E-state index contributed by atoms with van der Waals surface area (Å²) in [5.41, 5.74) is 5.26. The fourth-order valence-electron chi connectivity index (χ4n) is 5.28. The number of methoxy groups -OCH3 is 1. The first-order valence-electron chi connectivity index (χ1n) is 13.7. The molecular formula is C33H32N2O5. The van der Waals surface area contributed by atoms with Crippen LogP contribution in [0, 0.1) is 12.8 Å². The van der Waals surface area contributed by atoms with Gasteiger partial charge in [-0.2, -0.15) is 0 Å². The molecule has 1 aliphatic heterocycles. The SMILES string of the molecule is COc1ccc(NC(=O)c2ccc(COc3ccc4c(c3)C(c3cccc(C)c3)N(C(=O)C3CC3)CC4)o2)cc1. The van der Waals surface area contributed by atoms with Gasteiger partial charge in [-0.25, -0.2) is 0 Å². The second-order valence-electron chi connectivity index (χ2n) is 10.5. The lowest BCUT2D eigenvalue weighted by Gasteiger charge is -2.38. The van der Waals surface area contributed by atoms with Crippen molar-refractivity contribution in [2.75, 3.05) is 19.0 Å². The van der Waals surface area contributed by atoms with E-state index in [1.165, 1.54) is 11.1 Å². The van der Waals surface area contributed by atoms with Gasteiger partial charge < -0.3 is 24.1 Å². The maximum Gasteiger partial charge on any atom is 0.291 e. The Hall–Kier alpha value is -4.52. The number of hydrogen-bond donors (Lipinski definition) is 1. The highest BCUT2D eigenvalue weighted by molar-refractivity contribution is 6.02. The summed E-state index contributed by atoms with van der Waals surface area (Å²) in [4.78, 5) is 28.0. The molecule has 40 heavy (non-hydrogen) atoms. The van der Waals surface area contributed by atoms with Crippen molar-refractivity contribution in [2.24, 2.45) is 5.92 Å². The number of aryl methyl sites for hydroxylation is 1. The number of carbonyl (C=O) groups is 2. The Kier molecular flexibility index (Phi) is 7.03. The summed E-state index contributed by atoms with van der Waals surface area (Å²) < 4.78 is 17.0. The molecule has 0 spiro atoms. The maximum absolute atomic E-state index is 13.3. The number of amides is 2. The van der Waals surface area contributed by atoms with Crippen molar-refractivity contribution in [1.29, 1.82) is 0 Å². The first-order valence-corrected chi connectivity index (χ1v) is 13.7. The third kappa shape index (κ3) is 5.45. The van der Waals surface area contributed by atoms with E-state index in [1.807, 2.05) is 6.07 Å². The van der Waals surface area contributed by atoms with E-state index in [0.29, 0.717) is 22.9 Å². The third-order valence-corrected chi connectivity index (χ3v) is 7.53. The van der Waals surface area contributed by atoms with Gasteiger partial charge in [-0.15, -0.1) is 0 Å². The second-order valence-corrected chi connectivity index (χ2v) is 10.5. The third-order valence-electron chi connectivity index (χ3n) is 7.53. The van der Waals surface area contributed by atoms with E-state index in [0.717, 1.165) is 36.9 Å². The zero-order valence-corrected chi connectivity index (χ0v) is 22.7. The number of anilines is 1. The van der Waals surface area contributed by atoms with E-state index in [2.05, 4.69) is 53.5 Å². The van der Waals surface area contributed by atoms with Gasteiger partial charge in [0.25, 0.3) is 5.91 Å². The van der Waals surface area contributed by atoms with Crippen molar-refractivity contribution in [1.82, 2.24) is 4.90 Å². The van der Waals surface area contributed by atoms with Crippen molar-refractivity contribution in [3.63, 3.8) is 0 Å². The van der Waals surface area contributed by atoms with E-state index in [9.17, 15) is 9.59 Å². The molecule has 6 rings (SSSR count). The van der Waals surface area contributed by atoms with Gasteiger partial charge in [0.2, 0.25) is 5.91 Å². The Balaban J connectivity index is 1.18. The summed E-state index contributed by atoms with van der Waals surface area (Å²) in [6.45, 7) is 2.97. The molecule has 7 heteroatoms. The fraction of sp³-hybridized carbons (Fsp3) is 0.273. The molecule has 4 aromatic rings. The topological polar surface area (TPSA) is 81.0 Å². The van der Waals surface area contributed by atoms with Gasteiger partial charge in [0, 0.05) is 18.2 Å². The Morgan fingerprint density at radius 3 is 2.52 bits per heavy atom. The number of nitrogens with zero attached hydrogens (tertiary/aromatic N) is 1. The number of furan rings is 1. The van der Waals surface area contributed by atoms with Crippen molar-refractivity contribution in [2.45, 2.75) is 38.8 Å². The largest absolute Gasteiger partial charge is 0.497 e. The average Bonchev–Trinajstić information content (AvgIpc) is 3.72. The lowest BCUT2D eigenvalue weighted by atomic mass is 9.87. The van der Waals surface area contributed by atoms with Gasteiger partial charge >= 0.3 is 0 Å². The summed E-state index contributed by atoms with van der Waals surface area (Å²) in [7, 11) is 1.59. The number of benzene rings is 3. The Bertz CT molecular complexity index is 1540. The minimum absolute atomic E-state index is 0.142. The van der Waals surface area contributed by atoms with E-state index in [4.69, 9.17) is 13.9 Å². The lowest BCUT2D eigenvalue weighted by Crippen LogP contribution is -2.41. The molecule has 2 aliphatic rings. The van der Waals surface area contributed by atoms with Gasteiger partial charge in [0.05, 0.1) is 13.2 Å². The van der Waals surface area contributed by atoms with Crippen molar-refractivity contribution >= 4 is 17.5 Å². The molecular weight excluding hydrogens is 504 g/mol. The van der Waals surface area contributed by atoms with Crippen LogP contribution in [-0.2, 0) is 17.8 Å². The Morgan fingerprint density at radius 1 is 0.975 bits per heavy atom. The Labute approximate surface area is 233 Å². The van der Waals surface area contributed by atoms with Gasteiger partial charge in [0.15, 0.2) is 5.76 Å². The zero-order valence-electron chi connectivity index (χ0n) is 22.7. The highest BCUT2D eigenvalue weighted by atomic mass is 16.5. The molecule has 1 aromatic heterocycles. The minimum atomic E-state index is -0.341. The molecule has 7 nitrogen and oxygen atoms in total. The number of carbonyl (C=O) groups excluding carboxylic acids is 2. The molecule has 3 aromatic carbocycles. The molecule has 2 amide bonds. The summed E-state index contributed by atoms with van der Waals surface area (Å²) >= 11 is 0. The molecule has 1 fully saturated rings. The minimum Gasteiger partial charge on any atom is -0.497 e. The molecule has 1 N–H and O–H groups in total. The van der Waals surface area contributed by atoms with Crippen LogP contribution in [0.2, 0.25) is 0 Å². The predicted molar refractivity (Wildman–Crippen MR) is 152 cm³/mol. The van der Waals surface area contributed by atoms with Crippen LogP contribution >= 0.6 is 0 Å². The smallest absolute Gasteiger partial charge is 0.291 e. The molecule has 0 radical (unpaired) electrons. The van der Waals surface area contributed by atoms with Crippen LogP contribution in [0.3, 0.4) is 0 Å². The number of rotatable bonds is 8. The fourth-order valence-corrected chi connectivity index (χ4v) is 5.28. The van der Waals surface area contributed by atoms with Gasteiger partial charge in [0.1, 0.15) is 23.9 Å². The van der Waals surface area contributed by atoms with E-state index in [-0.39, 0.29) is 36.1 Å². The molecule has 1 unspecified atom stereocenters. The van der Waals surface area contributed by atoms with E-state index < -0.39 is 0 Å². The average molecular weight is 537 g/mol. The number of nitrogens with one attached hydrogen (secondary N) is 1. The van der Waals surface area contributed by atoms with Gasteiger partial charge in [-0.05, 0) is 91.4 Å². The first-order chi connectivity index (χ1) is 19.5. The number of fused-ring (bicyclic) bond motifs is 1. The van der Waals surface area contributed by atoms with Crippen LogP contribution in [0.25, 0.3) is 0 Å². The van der Waals surface area contributed by atoms with Crippen LogP contribution in [0.15, 0.2) is 83.3 Å². The predicted octanol–water partition coefficient (Wildman–Crippen LogP) is 6.31. The van der Waals surface area contributed by atoms with Gasteiger partial charge in [-0.3, -0.25) is 9.59 Å². The zero-order chi connectivity index (χ0) is 27.6. The van der Waals surface area contributed by atoms with Gasteiger partial charge in [-0.1, -0.05) is 35.9 Å². The summed E-state index contributed by atoms with van der Waals surface area (Å²) in [6, 6.07) is 24.8. The second kappa shape index (κ2) is 10.9. The highest BCUT2D eigenvalue weighted by Gasteiger charge is 2.39. The van der Waals surface area contributed by atoms with E-state index in [1.54, 1.807) is 43.5 Å². The molecule has 204 valence electrons. The maximum atomic E-state index is 13.3. The van der Waals surface area contributed by atoms with Crippen molar-refractivity contribution in [3.05, 3.63) is 113 Å².